The van der Waals surface area contributed by atoms with Crippen LogP contribution in [0.1, 0.15) is 27.7 Å². The maximum atomic E-state index is 12.1. The molecule has 6 nitrogen and oxygen atoms in total. The minimum atomic E-state index is -0.626. The van der Waals surface area contributed by atoms with Crippen LogP contribution in [0.4, 0.5) is 11.4 Å². The van der Waals surface area contributed by atoms with Crippen LogP contribution in [0.5, 0.6) is 5.75 Å². The van der Waals surface area contributed by atoms with Crippen LogP contribution in [0, 0.1) is 5.41 Å². The van der Waals surface area contributed by atoms with Gasteiger partial charge in [-0.15, -0.1) is 0 Å². The third-order valence-electron chi connectivity index (χ3n) is 3.00. The molecule has 1 aromatic rings. The van der Waals surface area contributed by atoms with E-state index in [1.807, 2.05) is 20.8 Å². The van der Waals surface area contributed by atoms with E-state index in [9.17, 15) is 9.59 Å². The van der Waals surface area contributed by atoms with Crippen molar-refractivity contribution in [1.29, 1.82) is 0 Å². The minimum absolute atomic E-state index is 0.195. The second-order valence-corrected chi connectivity index (χ2v) is 5.93. The molecule has 6 heteroatoms. The zero-order valence-electron chi connectivity index (χ0n) is 13.1. The lowest BCUT2D eigenvalue weighted by Crippen LogP contribution is -2.45. The Morgan fingerprint density at radius 2 is 1.86 bits per heavy atom. The first-order valence-corrected chi connectivity index (χ1v) is 6.67. The predicted octanol–water partition coefficient (Wildman–Crippen LogP) is 1.97. The predicted molar refractivity (Wildman–Crippen MR) is 83.4 cm³/mol. The van der Waals surface area contributed by atoms with Crippen LogP contribution >= 0.6 is 0 Å². The molecule has 0 aliphatic rings. The van der Waals surface area contributed by atoms with Crippen molar-refractivity contribution in [1.82, 2.24) is 0 Å². The van der Waals surface area contributed by atoms with Crippen molar-refractivity contribution in [3.63, 3.8) is 0 Å². The van der Waals surface area contributed by atoms with Crippen molar-refractivity contribution in [2.75, 3.05) is 17.7 Å². The molecule has 0 fully saturated rings. The van der Waals surface area contributed by atoms with E-state index >= 15 is 0 Å². The third kappa shape index (κ3) is 4.75. The molecule has 0 saturated carbocycles. The van der Waals surface area contributed by atoms with Gasteiger partial charge in [-0.05, 0) is 17.5 Å². The van der Waals surface area contributed by atoms with Gasteiger partial charge >= 0.3 is 0 Å². The lowest BCUT2D eigenvalue weighted by Gasteiger charge is -2.26. The standard InChI is InChI=1S/C15H23N3O3/c1-9(19)17-11-7-6-10(8-12(11)21-5)18-14(20)13(16)15(2,3)4/h6-8,13H,16H2,1-5H3,(H,17,19)(H,18,20)/t13-/m1/s1. The Labute approximate surface area is 125 Å². The van der Waals surface area contributed by atoms with Crippen LogP contribution in [0.15, 0.2) is 18.2 Å². The molecule has 0 aromatic heterocycles. The van der Waals surface area contributed by atoms with Crippen LogP contribution in [0.25, 0.3) is 0 Å². The van der Waals surface area contributed by atoms with Crippen molar-refractivity contribution in [3.8, 4) is 5.75 Å². The second kappa shape index (κ2) is 6.58. The van der Waals surface area contributed by atoms with Crippen molar-refractivity contribution < 1.29 is 14.3 Å². The Morgan fingerprint density at radius 1 is 1.24 bits per heavy atom. The van der Waals surface area contributed by atoms with E-state index in [0.29, 0.717) is 17.1 Å². The molecule has 0 heterocycles. The van der Waals surface area contributed by atoms with E-state index in [1.54, 1.807) is 18.2 Å². The zero-order chi connectivity index (χ0) is 16.2. The van der Waals surface area contributed by atoms with E-state index in [1.165, 1.54) is 14.0 Å². The van der Waals surface area contributed by atoms with Gasteiger partial charge in [-0.25, -0.2) is 0 Å². The fraction of sp³-hybridized carbons (Fsp3) is 0.467. The van der Waals surface area contributed by atoms with Crippen molar-refractivity contribution >= 4 is 23.2 Å². The quantitative estimate of drug-likeness (QED) is 0.791. The topological polar surface area (TPSA) is 93.4 Å². The number of methoxy groups -OCH3 is 1. The summed E-state index contributed by atoms with van der Waals surface area (Å²) in [6.07, 6.45) is 0. The summed E-state index contributed by atoms with van der Waals surface area (Å²) in [4.78, 5) is 23.2. The summed E-state index contributed by atoms with van der Waals surface area (Å²) in [6.45, 7) is 7.12. The van der Waals surface area contributed by atoms with Gasteiger partial charge in [-0.1, -0.05) is 20.8 Å². The molecule has 0 saturated heterocycles. The van der Waals surface area contributed by atoms with Crippen molar-refractivity contribution in [3.05, 3.63) is 18.2 Å². The molecule has 0 aliphatic heterocycles. The summed E-state index contributed by atoms with van der Waals surface area (Å²) in [7, 11) is 1.49. The van der Waals surface area contributed by atoms with Gasteiger partial charge < -0.3 is 21.1 Å². The van der Waals surface area contributed by atoms with Crippen molar-refractivity contribution in [2.45, 2.75) is 33.7 Å². The zero-order valence-corrected chi connectivity index (χ0v) is 13.1. The first-order valence-electron chi connectivity index (χ1n) is 6.67. The second-order valence-electron chi connectivity index (χ2n) is 5.93. The number of benzene rings is 1. The van der Waals surface area contributed by atoms with E-state index in [0.717, 1.165) is 0 Å². The van der Waals surface area contributed by atoms with E-state index in [-0.39, 0.29) is 17.2 Å². The Hall–Kier alpha value is -2.08. The third-order valence-corrected chi connectivity index (χ3v) is 3.00. The lowest BCUT2D eigenvalue weighted by atomic mass is 9.87. The van der Waals surface area contributed by atoms with Gasteiger partial charge in [-0.2, -0.15) is 0 Å². The molecule has 0 bridgehead atoms. The molecular weight excluding hydrogens is 270 g/mol. The molecule has 0 radical (unpaired) electrons. The smallest absolute Gasteiger partial charge is 0.241 e. The van der Waals surface area contributed by atoms with E-state index in [2.05, 4.69) is 10.6 Å². The molecule has 0 aliphatic carbocycles. The monoisotopic (exact) mass is 293 g/mol. The summed E-state index contributed by atoms with van der Waals surface area (Å²) < 4.78 is 5.20. The van der Waals surface area contributed by atoms with Gasteiger partial charge in [0.15, 0.2) is 0 Å². The Morgan fingerprint density at radius 3 is 2.33 bits per heavy atom. The SMILES string of the molecule is COc1cc(NC(=O)[C@@H](N)C(C)(C)C)ccc1NC(C)=O. The maximum Gasteiger partial charge on any atom is 0.241 e. The summed E-state index contributed by atoms with van der Waals surface area (Å²) in [5.74, 6) is 0.00370. The van der Waals surface area contributed by atoms with Gasteiger partial charge in [0, 0.05) is 18.7 Å². The molecule has 1 atom stereocenters. The van der Waals surface area contributed by atoms with Crippen LogP contribution in [0.3, 0.4) is 0 Å². The largest absolute Gasteiger partial charge is 0.494 e. The molecule has 21 heavy (non-hydrogen) atoms. The number of anilines is 2. The molecule has 1 rings (SSSR count). The van der Waals surface area contributed by atoms with Crippen LogP contribution in [-0.4, -0.2) is 25.0 Å². The fourth-order valence-corrected chi connectivity index (χ4v) is 1.68. The van der Waals surface area contributed by atoms with E-state index < -0.39 is 6.04 Å². The highest BCUT2D eigenvalue weighted by Crippen LogP contribution is 2.28. The van der Waals surface area contributed by atoms with Gasteiger partial charge in [-0.3, -0.25) is 9.59 Å². The Bertz CT molecular complexity index is 535. The number of hydrogen-bond acceptors (Lipinski definition) is 4. The number of ether oxygens (including phenoxy) is 1. The van der Waals surface area contributed by atoms with Gasteiger partial charge in [0.1, 0.15) is 5.75 Å². The first kappa shape index (κ1) is 17.0. The normalized spacial score (nSPS) is 12.5. The average Bonchev–Trinajstić information content (AvgIpc) is 2.37. The average molecular weight is 293 g/mol. The van der Waals surface area contributed by atoms with Crippen molar-refractivity contribution in [2.24, 2.45) is 11.1 Å². The summed E-state index contributed by atoms with van der Waals surface area (Å²) in [5, 5.41) is 5.40. The van der Waals surface area contributed by atoms with Crippen LogP contribution in [0.2, 0.25) is 0 Å². The number of amides is 2. The molecular formula is C15H23N3O3. The Balaban J connectivity index is 2.91. The molecule has 0 unspecified atom stereocenters. The van der Waals surface area contributed by atoms with Gasteiger partial charge in [0.2, 0.25) is 11.8 Å². The maximum absolute atomic E-state index is 12.1. The molecule has 2 amide bonds. The van der Waals surface area contributed by atoms with E-state index in [4.69, 9.17) is 10.5 Å². The molecule has 116 valence electrons. The molecule has 4 N–H and O–H groups in total. The van der Waals surface area contributed by atoms with Crippen LogP contribution < -0.4 is 21.1 Å². The minimum Gasteiger partial charge on any atom is -0.494 e. The highest BCUT2D eigenvalue weighted by Gasteiger charge is 2.27. The molecule has 1 aromatic carbocycles. The summed E-state index contributed by atoms with van der Waals surface area (Å²) >= 11 is 0. The number of rotatable bonds is 4. The van der Waals surface area contributed by atoms with Crippen LogP contribution in [-0.2, 0) is 9.59 Å². The lowest BCUT2D eigenvalue weighted by molar-refractivity contribution is -0.119. The number of carbonyl (C=O) groups excluding carboxylic acids is 2. The number of carbonyl (C=O) groups is 2. The number of nitrogens with two attached hydrogens (primary N) is 1. The number of hydrogen-bond donors (Lipinski definition) is 3. The summed E-state index contributed by atoms with van der Waals surface area (Å²) in [5.41, 5.74) is 6.68. The van der Waals surface area contributed by atoms with Gasteiger partial charge in [0.05, 0.1) is 18.8 Å². The van der Waals surface area contributed by atoms with Gasteiger partial charge in [0.25, 0.3) is 0 Å². The highest BCUT2D eigenvalue weighted by atomic mass is 16.5. The molecule has 0 spiro atoms. The summed E-state index contributed by atoms with van der Waals surface area (Å²) in [6, 6.07) is 4.36. The number of nitrogens with one attached hydrogen (secondary N) is 2. The fourth-order valence-electron chi connectivity index (χ4n) is 1.68. The Kier molecular flexibility index (Phi) is 5.32. The highest BCUT2D eigenvalue weighted by molar-refractivity contribution is 5.96. The first-order chi connectivity index (χ1) is 9.65.